The summed E-state index contributed by atoms with van der Waals surface area (Å²) in [6.07, 6.45) is 8.49. The monoisotopic (exact) mass is 412 g/mol. The molecule has 0 unspecified atom stereocenters. The molecule has 2 rings (SSSR count). The molecule has 6 heteroatoms. The van der Waals surface area contributed by atoms with Crippen LogP contribution >= 0.6 is 0 Å². The molecular weight excluding hydrogens is 372 g/mol. The van der Waals surface area contributed by atoms with Crippen molar-refractivity contribution in [3.63, 3.8) is 0 Å². The van der Waals surface area contributed by atoms with Crippen LogP contribution in [0.2, 0.25) is 10.1 Å². The molecule has 0 spiro atoms. The van der Waals surface area contributed by atoms with Crippen molar-refractivity contribution in [2.75, 3.05) is 6.61 Å². The van der Waals surface area contributed by atoms with E-state index in [1.807, 2.05) is 6.08 Å². The lowest BCUT2D eigenvalue weighted by atomic mass is 10.1. The number of rotatable bonds is 7. The topological polar surface area (TPSA) is 54.0 Å². The number of ether oxygens (including phenoxy) is 2. The summed E-state index contributed by atoms with van der Waals surface area (Å²) >= 11 is 0. The van der Waals surface area contributed by atoms with Crippen molar-refractivity contribution in [1.29, 1.82) is 0 Å². The Balaban J connectivity index is 2.06. The molecule has 28 heavy (non-hydrogen) atoms. The van der Waals surface area contributed by atoms with Gasteiger partial charge in [0.1, 0.15) is 12.2 Å². The Labute approximate surface area is 172 Å². The van der Waals surface area contributed by atoms with Gasteiger partial charge in [-0.15, -0.1) is 0 Å². The van der Waals surface area contributed by atoms with E-state index in [4.69, 9.17) is 18.3 Å². The van der Waals surface area contributed by atoms with Crippen molar-refractivity contribution in [2.24, 2.45) is 0 Å². The minimum atomic E-state index is -2.63. The number of hydrogen-bond acceptors (Lipinski definition) is 5. The first-order chi connectivity index (χ1) is 13.0. The molecule has 1 fully saturated rings. The lowest BCUT2D eigenvalue weighted by Gasteiger charge is -2.55. The summed E-state index contributed by atoms with van der Waals surface area (Å²) in [7, 11) is -2.63. The van der Waals surface area contributed by atoms with E-state index >= 15 is 0 Å². The molecule has 0 saturated carbocycles. The van der Waals surface area contributed by atoms with Gasteiger partial charge in [0.05, 0.1) is 12.9 Å². The highest BCUT2D eigenvalue weighted by molar-refractivity contribution is 6.73. The van der Waals surface area contributed by atoms with Crippen molar-refractivity contribution in [3.05, 3.63) is 12.3 Å². The molecule has 5 nitrogen and oxygen atoms in total. The Morgan fingerprint density at radius 3 is 2.32 bits per heavy atom. The van der Waals surface area contributed by atoms with Crippen LogP contribution in [0.5, 0.6) is 0 Å². The van der Waals surface area contributed by atoms with Gasteiger partial charge in [0.25, 0.3) is 0 Å². The van der Waals surface area contributed by atoms with Gasteiger partial charge in [-0.3, -0.25) is 4.79 Å². The minimum absolute atomic E-state index is 0.120. The van der Waals surface area contributed by atoms with Gasteiger partial charge in [-0.1, -0.05) is 74.1 Å². The first kappa shape index (κ1) is 23.4. The van der Waals surface area contributed by atoms with Crippen LogP contribution in [0.15, 0.2) is 12.3 Å². The average Bonchev–Trinajstić information content (AvgIpc) is 2.59. The second kappa shape index (κ2) is 9.31. The maximum atomic E-state index is 12.4. The van der Waals surface area contributed by atoms with Gasteiger partial charge in [0.2, 0.25) is 0 Å². The number of carbonyl (C=O) groups is 1. The molecule has 2 heterocycles. The zero-order valence-electron chi connectivity index (χ0n) is 18.9. The Hall–Kier alpha value is -0.853. The summed E-state index contributed by atoms with van der Waals surface area (Å²) in [6, 6.07) is 0. The van der Waals surface area contributed by atoms with Crippen molar-refractivity contribution < 1.29 is 23.1 Å². The van der Waals surface area contributed by atoms with Crippen LogP contribution in [-0.4, -0.2) is 39.4 Å². The van der Waals surface area contributed by atoms with Gasteiger partial charge in [-0.25, -0.2) is 0 Å². The van der Waals surface area contributed by atoms with Gasteiger partial charge in [-0.05, 0) is 12.5 Å². The summed E-state index contributed by atoms with van der Waals surface area (Å²) in [5.41, 5.74) is 0. The zero-order valence-corrected chi connectivity index (χ0v) is 19.9. The third kappa shape index (κ3) is 5.19. The molecule has 2 aliphatic rings. The van der Waals surface area contributed by atoms with Crippen molar-refractivity contribution in [2.45, 2.75) is 115 Å². The molecule has 162 valence electrons. The Morgan fingerprint density at radius 2 is 1.71 bits per heavy atom. The summed E-state index contributed by atoms with van der Waals surface area (Å²) in [5.74, 6) is -0.152. The standard InChI is InChI=1S/C22H40O5Si/c1-8-9-10-11-12-13-19(23)26-17-14-15-24-18-16-25-28(21(2,3)4,22(5,6)7)27-20(17)18/h14-15,17-18,20H,8-13,16H2,1-7H3/t17-,18-,20+/m1/s1. The highest BCUT2D eigenvalue weighted by atomic mass is 28.4. The summed E-state index contributed by atoms with van der Waals surface area (Å²) in [5, 5.41) is -0.240. The quantitative estimate of drug-likeness (QED) is 0.308. The van der Waals surface area contributed by atoms with Crippen LogP contribution in [-0.2, 0) is 23.1 Å². The van der Waals surface area contributed by atoms with E-state index in [1.54, 1.807) is 6.26 Å². The van der Waals surface area contributed by atoms with Crippen LogP contribution in [0.25, 0.3) is 0 Å². The first-order valence-electron chi connectivity index (χ1n) is 10.9. The molecule has 3 atom stereocenters. The van der Waals surface area contributed by atoms with E-state index < -0.39 is 14.7 Å². The van der Waals surface area contributed by atoms with E-state index in [9.17, 15) is 4.79 Å². The van der Waals surface area contributed by atoms with E-state index in [-0.39, 0.29) is 28.3 Å². The summed E-state index contributed by atoms with van der Waals surface area (Å²) in [6.45, 7) is 15.8. The minimum Gasteiger partial charge on any atom is -0.493 e. The highest BCUT2D eigenvalue weighted by Crippen LogP contribution is 2.54. The largest absolute Gasteiger partial charge is 0.493 e. The fraction of sp³-hybridized carbons (Fsp3) is 0.864. The van der Waals surface area contributed by atoms with E-state index in [2.05, 4.69) is 48.5 Å². The molecule has 0 amide bonds. The van der Waals surface area contributed by atoms with Gasteiger partial charge < -0.3 is 18.3 Å². The second-order valence-electron chi connectivity index (χ2n) is 10.1. The third-order valence-corrected chi connectivity index (χ3v) is 10.8. The number of unbranched alkanes of at least 4 members (excludes halogenated alkanes) is 4. The Bertz CT molecular complexity index is 532. The maximum Gasteiger partial charge on any atom is 0.349 e. The molecular formula is C22H40O5Si. The summed E-state index contributed by atoms with van der Waals surface area (Å²) < 4.78 is 24.7. The number of esters is 1. The lowest BCUT2D eigenvalue weighted by Crippen LogP contribution is -2.67. The Kier molecular flexibility index (Phi) is 7.79. The molecule has 0 N–H and O–H groups in total. The van der Waals surface area contributed by atoms with E-state index in [0.29, 0.717) is 13.0 Å². The SMILES string of the molecule is CCCCCCCC(=O)O[C@@H]1C=CO[C@@H]2CO[Si](C(C)(C)C)(C(C)(C)C)O[C@@H]12. The van der Waals surface area contributed by atoms with E-state index in [1.165, 1.54) is 19.3 Å². The maximum absolute atomic E-state index is 12.4. The van der Waals surface area contributed by atoms with Gasteiger partial charge in [-0.2, -0.15) is 0 Å². The van der Waals surface area contributed by atoms with Crippen LogP contribution in [0.4, 0.5) is 0 Å². The zero-order chi connectivity index (χ0) is 21.0. The van der Waals surface area contributed by atoms with Gasteiger partial charge in [0.15, 0.2) is 6.10 Å². The summed E-state index contributed by atoms with van der Waals surface area (Å²) in [4.78, 5) is 12.4. The van der Waals surface area contributed by atoms with Crippen molar-refractivity contribution in [1.82, 2.24) is 0 Å². The number of fused-ring (bicyclic) bond motifs is 1. The molecule has 2 aliphatic heterocycles. The molecule has 0 aromatic carbocycles. The fourth-order valence-electron chi connectivity index (χ4n) is 4.43. The predicted octanol–water partition coefficient (Wildman–Crippen LogP) is 5.63. The molecule has 0 bridgehead atoms. The normalized spacial score (nSPS) is 27.0. The molecule has 0 aromatic heterocycles. The van der Waals surface area contributed by atoms with Crippen LogP contribution < -0.4 is 0 Å². The van der Waals surface area contributed by atoms with Gasteiger partial charge >= 0.3 is 14.5 Å². The number of carbonyl (C=O) groups excluding carboxylic acids is 1. The Morgan fingerprint density at radius 1 is 1.07 bits per heavy atom. The third-order valence-electron chi connectivity index (χ3n) is 5.69. The fourth-order valence-corrected chi connectivity index (χ4v) is 9.39. The molecule has 0 aromatic rings. The van der Waals surface area contributed by atoms with E-state index in [0.717, 1.165) is 12.8 Å². The van der Waals surface area contributed by atoms with Gasteiger partial charge in [0, 0.05) is 16.5 Å². The number of hydrogen-bond donors (Lipinski definition) is 0. The average molecular weight is 413 g/mol. The second-order valence-corrected chi connectivity index (χ2v) is 14.9. The predicted molar refractivity (Wildman–Crippen MR) is 113 cm³/mol. The molecule has 1 saturated heterocycles. The van der Waals surface area contributed by atoms with Crippen LogP contribution in [0.1, 0.15) is 87.0 Å². The first-order valence-corrected chi connectivity index (χ1v) is 12.7. The van der Waals surface area contributed by atoms with Crippen LogP contribution in [0.3, 0.4) is 0 Å². The van der Waals surface area contributed by atoms with Crippen molar-refractivity contribution >= 4 is 14.5 Å². The van der Waals surface area contributed by atoms with Crippen LogP contribution in [0, 0.1) is 0 Å². The molecule has 0 radical (unpaired) electrons. The molecule has 0 aliphatic carbocycles. The lowest BCUT2D eigenvalue weighted by molar-refractivity contribution is -0.166. The van der Waals surface area contributed by atoms with Crippen molar-refractivity contribution in [3.8, 4) is 0 Å². The highest BCUT2D eigenvalue weighted by Gasteiger charge is 2.63. The smallest absolute Gasteiger partial charge is 0.349 e.